The Morgan fingerprint density at radius 1 is 1.26 bits per heavy atom. The molecule has 98 valence electrons. The summed E-state index contributed by atoms with van der Waals surface area (Å²) in [7, 11) is 1.60. The van der Waals surface area contributed by atoms with Gasteiger partial charge in [0.1, 0.15) is 5.75 Å². The van der Waals surface area contributed by atoms with Crippen molar-refractivity contribution >= 4 is 27.4 Å². The molecule has 2 rings (SSSR count). The van der Waals surface area contributed by atoms with Crippen LogP contribution in [0.5, 0.6) is 5.75 Å². The molecule has 0 atom stereocenters. The molecule has 0 radical (unpaired) electrons. The zero-order valence-corrected chi connectivity index (χ0v) is 12.1. The van der Waals surface area contributed by atoms with Crippen LogP contribution in [0, 0.1) is 0 Å². The monoisotopic (exact) mass is 319 g/mol. The topological polar surface area (TPSA) is 52.3 Å². The van der Waals surface area contributed by atoms with Gasteiger partial charge < -0.3 is 10.5 Å². The number of para-hydroxylation sites is 1. The highest BCUT2D eigenvalue weighted by Gasteiger charge is 2.12. The van der Waals surface area contributed by atoms with Gasteiger partial charge in [0.25, 0.3) is 0 Å². The summed E-state index contributed by atoms with van der Waals surface area (Å²) in [5.41, 5.74) is 7.75. The molecule has 0 aliphatic heterocycles. The van der Waals surface area contributed by atoms with Crippen molar-refractivity contribution in [2.24, 2.45) is 0 Å². The average molecular weight is 320 g/mol. The molecule has 0 bridgehead atoms. The Morgan fingerprint density at radius 3 is 2.68 bits per heavy atom. The van der Waals surface area contributed by atoms with Crippen LogP contribution < -0.4 is 10.5 Å². The summed E-state index contributed by atoms with van der Waals surface area (Å²) in [6.45, 7) is 0. The van der Waals surface area contributed by atoms with Crippen molar-refractivity contribution in [2.45, 2.75) is 6.42 Å². The first kappa shape index (κ1) is 13.6. The number of halogens is 1. The average Bonchev–Trinajstić information content (AvgIpc) is 2.41. The van der Waals surface area contributed by atoms with E-state index >= 15 is 0 Å². The van der Waals surface area contributed by atoms with Gasteiger partial charge in [-0.25, -0.2) is 0 Å². The third-order valence-electron chi connectivity index (χ3n) is 2.87. The number of carbonyl (C=O) groups is 1. The lowest BCUT2D eigenvalue weighted by Gasteiger charge is -2.08. The highest BCUT2D eigenvalue weighted by atomic mass is 79.9. The lowest BCUT2D eigenvalue weighted by Crippen LogP contribution is -2.07. The van der Waals surface area contributed by atoms with Gasteiger partial charge in [0.2, 0.25) is 0 Å². The number of nitrogens with two attached hydrogens (primary N) is 1. The number of anilines is 1. The molecule has 2 aromatic rings. The molecule has 0 spiro atoms. The zero-order chi connectivity index (χ0) is 13.8. The number of methoxy groups -OCH3 is 1. The third-order valence-corrected chi connectivity index (χ3v) is 3.64. The minimum atomic E-state index is -0.00736. The van der Waals surface area contributed by atoms with Crippen LogP contribution in [0.15, 0.2) is 46.9 Å². The Balaban J connectivity index is 2.26. The van der Waals surface area contributed by atoms with Crippen molar-refractivity contribution in [1.29, 1.82) is 0 Å². The van der Waals surface area contributed by atoms with Crippen LogP contribution in [0.4, 0.5) is 5.69 Å². The van der Waals surface area contributed by atoms with Gasteiger partial charge in [0.05, 0.1) is 7.11 Å². The second-order valence-electron chi connectivity index (χ2n) is 4.14. The van der Waals surface area contributed by atoms with Crippen LogP contribution in [0.3, 0.4) is 0 Å². The van der Waals surface area contributed by atoms with Crippen LogP contribution in [-0.4, -0.2) is 12.9 Å². The maximum absolute atomic E-state index is 12.2. The number of carbonyl (C=O) groups excluding carboxylic acids is 1. The first-order valence-electron chi connectivity index (χ1n) is 5.82. The molecular weight excluding hydrogens is 306 g/mol. The van der Waals surface area contributed by atoms with Gasteiger partial charge in [-0.15, -0.1) is 0 Å². The second-order valence-corrected chi connectivity index (χ2v) is 5.00. The SMILES string of the molecule is COc1ccc(Br)c(CC(=O)c2ccccc2N)c1. The lowest BCUT2D eigenvalue weighted by atomic mass is 10.0. The van der Waals surface area contributed by atoms with Crippen LogP contribution in [0.25, 0.3) is 0 Å². The van der Waals surface area contributed by atoms with Crippen molar-refractivity contribution in [3.05, 3.63) is 58.1 Å². The molecule has 0 amide bonds. The van der Waals surface area contributed by atoms with Crippen LogP contribution in [0.2, 0.25) is 0 Å². The molecular formula is C15H14BrNO2. The van der Waals surface area contributed by atoms with Crippen molar-refractivity contribution in [1.82, 2.24) is 0 Å². The molecule has 2 N–H and O–H groups in total. The number of hydrogen-bond acceptors (Lipinski definition) is 3. The fourth-order valence-corrected chi connectivity index (χ4v) is 2.22. The first-order valence-corrected chi connectivity index (χ1v) is 6.61. The molecule has 2 aromatic carbocycles. The van der Waals surface area contributed by atoms with Crippen LogP contribution in [-0.2, 0) is 6.42 Å². The Kier molecular flexibility index (Phi) is 4.22. The maximum Gasteiger partial charge on any atom is 0.169 e. The van der Waals surface area contributed by atoms with Crippen LogP contribution >= 0.6 is 15.9 Å². The molecule has 0 aliphatic rings. The molecule has 3 nitrogen and oxygen atoms in total. The summed E-state index contributed by atoms with van der Waals surface area (Å²) >= 11 is 3.44. The molecule has 0 unspecified atom stereocenters. The molecule has 19 heavy (non-hydrogen) atoms. The summed E-state index contributed by atoms with van der Waals surface area (Å²) in [6, 6.07) is 12.7. The Hall–Kier alpha value is -1.81. The number of benzene rings is 2. The van der Waals surface area contributed by atoms with Gasteiger partial charge in [-0.3, -0.25) is 4.79 Å². The zero-order valence-electron chi connectivity index (χ0n) is 10.5. The molecule has 0 fully saturated rings. The summed E-state index contributed by atoms with van der Waals surface area (Å²) in [5.74, 6) is 0.721. The summed E-state index contributed by atoms with van der Waals surface area (Å²) < 4.78 is 6.05. The fraction of sp³-hybridized carbons (Fsp3) is 0.133. The van der Waals surface area contributed by atoms with Gasteiger partial charge in [-0.1, -0.05) is 28.1 Å². The molecule has 4 heteroatoms. The van der Waals surface area contributed by atoms with Crippen molar-refractivity contribution in [3.63, 3.8) is 0 Å². The number of ether oxygens (including phenoxy) is 1. The fourth-order valence-electron chi connectivity index (χ4n) is 1.83. The minimum absolute atomic E-state index is 0.00736. The van der Waals surface area contributed by atoms with Gasteiger partial charge in [-0.05, 0) is 35.9 Å². The summed E-state index contributed by atoms with van der Waals surface area (Å²) in [4.78, 5) is 12.2. The molecule has 0 aromatic heterocycles. The second kappa shape index (κ2) is 5.89. The van der Waals surface area contributed by atoms with E-state index in [0.717, 1.165) is 15.8 Å². The van der Waals surface area contributed by atoms with Gasteiger partial charge in [-0.2, -0.15) is 0 Å². The molecule has 0 aliphatic carbocycles. The normalized spacial score (nSPS) is 10.2. The van der Waals surface area contributed by atoms with Gasteiger partial charge in [0, 0.05) is 22.1 Å². The van der Waals surface area contributed by atoms with Gasteiger partial charge >= 0.3 is 0 Å². The van der Waals surface area contributed by atoms with E-state index < -0.39 is 0 Å². The Labute approximate surface area is 120 Å². The summed E-state index contributed by atoms with van der Waals surface area (Å²) in [6.07, 6.45) is 0.284. The number of nitrogen functional groups attached to an aromatic ring is 1. The van der Waals surface area contributed by atoms with E-state index in [4.69, 9.17) is 10.5 Å². The van der Waals surface area contributed by atoms with Gasteiger partial charge in [0.15, 0.2) is 5.78 Å². The molecule has 0 saturated heterocycles. The third kappa shape index (κ3) is 3.15. The van der Waals surface area contributed by atoms with Crippen molar-refractivity contribution < 1.29 is 9.53 Å². The maximum atomic E-state index is 12.2. The van der Waals surface area contributed by atoms with E-state index in [1.165, 1.54) is 0 Å². The van der Waals surface area contributed by atoms with E-state index in [-0.39, 0.29) is 12.2 Å². The predicted molar refractivity (Wildman–Crippen MR) is 79.6 cm³/mol. The highest BCUT2D eigenvalue weighted by molar-refractivity contribution is 9.10. The van der Waals surface area contributed by atoms with E-state index in [1.807, 2.05) is 30.3 Å². The summed E-state index contributed by atoms with van der Waals surface area (Å²) in [5, 5.41) is 0. The Morgan fingerprint density at radius 2 is 2.00 bits per heavy atom. The number of hydrogen-bond donors (Lipinski definition) is 1. The number of Topliss-reactive ketones (excluding diaryl/α,β-unsaturated/α-hetero) is 1. The van der Waals surface area contributed by atoms with E-state index in [2.05, 4.69) is 15.9 Å². The standard InChI is InChI=1S/C15H14BrNO2/c1-19-11-6-7-13(16)10(8-11)9-15(18)12-4-2-3-5-14(12)17/h2-8H,9,17H2,1H3. The smallest absolute Gasteiger partial charge is 0.169 e. The van der Waals surface area contributed by atoms with Crippen molar-refractivity contribution in [2.75, 3.05) is 12.8 Å². The largest absolute Gasteiger partial charge is 0.497 e. The molecule has 0 heterocycles. The quantitative estimate of drug-likeness (QED) is 0.693. The number of rotatable bonds is 4. The molecule has 0 saturated carbocycles. The van der Waals surface area contributed by atoms with E-state index in [9.17, 15) is 4.79 Å². The first-order chi connectivity index (χ1) is 9.11. The van der Waals surface area contributed by atoms with Crippen LogP contribution in [0.1, 0.15) is 15.9 Å². The highest BCUT2D eigenvalue weighted by Crippen LogP contribution is 2.24. The number of ketones is 1. The Bertz CT molecular complexity index is 611. The van der Waals surface area contributed by atoms with E-state index in [1.54, 1.807) is 19.2 Å². The van der Waals surface area contributed by atoms with Crippen molar-refractivity contribution in [3.8, 4) is 5.75 Å². The lowest BCUT2D eigenvalue weighted by molar-refractivity contribution is 0.0993. The predicted octanol–water partition coefficient (Wildman–Crippen LogP) is 3.47. The van der Waals surface area contributed by atoms with E-state index in [0.29, 0.717) is 11.3 Å². The minimum Gasteiger partial charge on any atom is -0.497 e.